The molecule has 0 radical (unpaired) electrons. The first-order valence-corrected chi connectivity index (χ1v) is 6.73. The lowest BCUT2D eigenvalue weighted by Crippen LogP contribution is -2.32. The maximum Gasteiger partial charge on any atom is 0.0474 e. The van der Waals surface area contributed by atoms with Gasteiger partial charge in [0, 0.05) is 24.2 Å². The molecule has 2 atom stereocenters. The number of aryl methyl sites for hydroxylation is 1. The molecule has 1 nitrogen and oxygen atoms in total. The molecule has 2 aliphatic rings. The van der Waals surface area contributed by atoms with Crippen molar-refractivity contribution >= 4 is 17.3 Å². The first-order chi connectivity index (χ1) is 7.78. The number of halogens is 1. The summed E-state index contributed by atoms with van der Waals surface area (Å²) < 4.78 is 0. The number of hydrogen-bond acceptors (Lipinski definition) is 1. The lowest BCUT2D eigenvalue weighted by molar-refractivity contribution is 0.553. The molecule has 1 aliphatic carbocycles. The van der Waals surface area contributed by atoms with Gasteiger partial charge in [0.25, 0.3) is 0 Å². The van der Waals surface area contributed by atoms with Gasteiger partial charge in [-0.15, -0.1) is 11.6 Å². The van der Waals surface area contributed by atoms with Gasteiger partial charge in [-0.1, -0.05) is 12.1 Å². The Morgan fingerprint density at radius 3 is 2.81 bits per heavy atom. The van der Waals surface area contributed by atoms with Gasteiger partial charge in [-0.25, -0.2) is 0 Å². The Hall–Kier alpha value is -0.690. The average molecular weight is 236 g/mol. The standard InChI is InChI=1S/C14H18ClN/c1-10-6-11(8-15)3-5-14(10)16-9-12-2-4-13(16)7-12/h3,5-6,12-13H,2,4,7-9H2,1H3. The molecule has 1 heterocycles. The van der Waals surface area contributed by atoms with Crippen molar-refractivity contribution in [2.45, 2.75) is 38.1 Å². The summed E-state index contributed by atoms with van der Waals surface area (Å²) in [5.74, 6) is 1.57. The van der Waals surface area contributed by atoms with Crippen LogP contribution in [0.5, 0.6) is 0 Å². The topological polar surface area (TPSA) is 3.24 Å². The molecule has 1 aliphatic heterocycles. The van der Waals surface area contributed by atoms with Crippen molar-refractivity contribution in [2.24, 2.45) is 5.92 Å². The summed E-state index contributed by atoms with van der Waals surface area (Å²) in [6, 6.07) is 7.47. The maximum absolute atomic E-state index is 5.86. The third-order valence-electron chi connectivity index (χ3n) is 4.13. The second-order valence-corrected chi connectivity index (χ2v) is 5.51. The number of benzene rings is 1. The van der Waals surface area contributed by atoms with Crippen LogP contribution in [0.2, 0.25) is 0 Å². The summed E-state index contributed by atoms with van der Waals surface area (Å²) in [6.45, 7) is 3.48. The van der Waals surface area contributed by atoms with Crippen LogP contribution in [0.3, 0.4) is 0 Å². The fourth-order valence-corrected chi connectivity index (χ4v) is 3.51. The molecule has 3 rings (SSSR count). The lowest BCUT2D eigenvalue weighted by atomic mass is 10.1. The van der Waals surface area contributed by atoms with E-state index >= 15 is 0 Å². The highest BCUT2D eigenvalue weighted by Gasteiger charge is 2.38. The summed E-state index contributed by atoms with van der Waals surface area (Å²) in [5, 5.41) is 0. The van der Waals surface area contributed by atoms with Crippen LogP contribution in [0, 0.1) is 12.8 Å². The zero-order valence-electron chi connectivity index (χ0n) is 9.75. The molecule has 0 amide bonds. The van der Waals surface area contributed by atoms with Gasteiger partial charge in [0.2, 0.25) is 0 Å². The predicted octanol–water partition coefficient (Wildman–Crippen LogP) is 3.72. The minimum Gasteiger partial charge on any atom is -0.368 e. The summed E-state index contributed by atoms with van der Waals surface area (Å²) in [6.07, 6.45) is 4.25. The summed E-state index contributed by atoms with van der Waals surface area (Å²) >= 11 is 5.86. The van der Waals surface area contributed by atoms with Crippen molar-refractivity contribution in [1.82, 2.24) is 0 Å². The SMILES string of the molecule is Cc1cc(CCl)ccc1N1CC2CCC1C2. The van der Waals surface area contributed by atoms with Crippen molar-refractivity contribution in [1.29, 1.82) is 0 Å². The van der Waals surface area contributed by atoms with Crippen LogP contribution < -0.4 is 4.90 Å². The second-order valence-electron chi connectivity index (χ2n) is 5.24. The van der Waals surface area contributed by atoms with Crippen LogP contribution in [0.15, 0.2) is 18.2 Å². The summed E-state index contributed by atoms with van der Waals surface area (Å²) in [4.78, 5) is 2.61. The predicted molar refractivity (Wildman–Crippen MR) is 69.2 cm³/mol. The van der Waals surface area contributed by atoms with E-state index in [-0.39, 0.29) is 0 Å². The maximum atomic E-state index is 5.86. The molecule has 2 heteroatoms. The Labute approximate surface area is 102 Å². The Kier molecular flexibility index (Phi) is 2.59. The van der Waals surface area contributed by atoms with E-state index in [0.29, 0.717) is 5.88 Å². The fraction of sp³-hybridized carbons (Fsp3) is 0.571. The zero-order chi connectivity index (χ0) is 11.1. The first-order valence-electron chi connectivity index (χ1n) is 6.20. The number of rotatable bonds is 2. The molecular weight excluding hydrogens is 218 g/mol. The molecular formula is C14H18ClN. The zero-order valence-corrected chi connectivity index (χ0v) is 10.5. The van der Waals surface area contributed by atoms with Crippen molar-refractivity contribution in [3.63, 3.8) is 0 Å². The molecule has 1 saturated carbocycles. The number of nitrogens with zero attached hydrogens (tertiary/aromatic N) is 1. The smallest absolute Gasteiger partial charge is 0.0474 e. The van der Waals surface area contributed by atoms with Crippen LogP contribution in [0.25, 0.3) is 0 Å². The molecule has 1 aromatic carbocycles. The Balaban J connectivity index is 1.89. The minimum atomic E-state index is 0.618. The van der Waals surface area contributed by atoms with Gasteiger partial charge in [-0.2, -0.15) is 0 Å². The molecule has 0 spiro atoms. The van der Waals surface area contributed by atoms with E-state index in [1.165, 1.54) is 42.6 Å². The highest BCUT2D eigenvalue weighted by molar-refractivity contribution is 6.17. The molecule has 2 unspecified atom stereocenters. The van der Waals surface area contributed by atoms with E-state index in [9.17, 15) is 0 Å². The van der Waals surface area contributed by atoms with Crippen molar-refractivity contribution in [3.05, 3.63) is 29.3 Å². The van der Waals surface area contributed by atoms with E-state index in [1.807, 2.05) is 0 Å². The van der Waals surface area contributed by atoms with Gasteiger partial charge in [0.15, 0.2) is 0 Å². The van der Waals surface area contributed by atoms with Gasteiger partial charge in [-0.05, 0) is 49.3 Å². The number of anilines is 1. The normalized spacial score (nSPS) is 27.8. The van der Waals surface area contributed by atoms with Crippen LogP contribution in [-0.4, -0.2) is 12.6 Å². The molecule has 1 saturated heterocycles. The van der Waals surface area contributed by atoms with Crippen LogP contribution >= 0.6 is 11.6 Å². The van der Waals surface area contributed by atoms with E-state index in [4.69, 9.17) is 11.6 Å². The third-order valence-corrected chi connectivity index (χ3v) is 4.44. The minimum absolute atomic E-state index is 0.618. The number of alkyl halides is 1. The Morgan fingerprint density at radius 2 is 2.25 bits per heavy atom. The highest BCUT2D eigenvalue weighted by atomic mass is 35.5. The van der Waals surface area contributed by atoms with Crippen LogP contribution in [0.1, 0.15) is 30.4 Å². The van der Waals surface area contributed by atoms with Crippen molar-refractivity contribution in [2.75, 3.05) is 11.4 Å². The molecule has 0 N–H and O–H groups in total. The monoisotopic (exact) mass is 235 g/mol. The first kappa shape index (κ1) is 10.5. The van der Waals surface area contributed by atoms with E-state index in [0.717, 1.165) is 12.0 Å². The number of hydrogen-bond donors (Lipinski definition) is 0. The lowest BCUT2D eigenvalue weighted by Gasteiger charge is -2.30. The average Bonchev–Trinajstić information content (AvgIpc) is 2.90. The molecule has 16 heavy (non-hydrogen) atoms. The highest BCUT2D eigenvalue weighted by Crippen LogP contribution is 2.41. The van der Waals surface area contributed by atoms with Crippen molar-refractivity contribution < 1.29 is 0 Å². The van der Waals surface area contributed by atoms with Crippen LogP contribution in [-0.2, 0) is 5.88 Å². The van der Waals surface area contributed by atoms with E-state index in [2.05, 4.69) is 30.0 Å². The van der Waals surface area contributed by atoms with Gasteiger partial charge >= 0.3 is 0 Å². The number of fused-ring (bicyclic) bond motifs is 2. The second kappa shape index (κ2) is 3.96. The van der Waals surface area contributed by atoms with Gasteiger partial charge < -0.3 is 4.90 Å². The number of piperidine rings is 1. The van der Waals surface area contributed by atoms with Gasteiger partial charge in [0.05, 0.1) is 0 Å². The summed E-state index contributed by atoms with van der Waals surface area (Å²) in [7, 11) is 0. The Bertz CT molecular complexity index is 402. The van der Waals surface area contributed by atoms with Gasteiger partial charge in [-0.3, -0.25) is 0 Å². The van der Waals surface area contributed by atoms with E-state index < -0.39 is 0 Å². The molecule has 86 valence electrons. The van der Waals surface area contributed by atoms with Crippen LogP contribution in [0.4, 0.5) is 5.69 Å². The Morgan fingerprint density at radius 1 is 1.38 bits per heavy atom. The summed E-state index contributed by atoms with van der Waals surface area (Å²) in [5.41, 5.74) is 4.04. The van der Waals surface area contributed by atoms with E-state index in [1.54, 1.807) is 0 Å². The molecule has 2 bridgehead atoms. The van der Waals surface area contributed by atoms with Crippen molar-refractivity contribution in [3.8, 4) is 0 Å². The molecule has 2 fully saturated rings. The quantitative estimate of drug-likeness (QED) is 0.707. The molecule has 0 aromatic heterocycles. The fourth-order valence-electron chi connectivity index (χ4n) is 3.34. The molecule has 1 aromatic rings. The largest absolute Gasteiger partial charge is 0.368 e. The van der Waals surface area contributed by atoms with Gasteiger partial charge in [0.1, 0.15) is 0 Å². The third kappa shape index (κ3) is 1.62.